The highest BCUT2D eigenvalue weighted by Crippen LogP contribution is 2.17. The highest BCUT2D eigenvalue weighted by atomic mass is 15.0. The van der Waals surface area contributed by atoms with Gasteiger partial charge in [0, 0.05) is 6.20 Å². The predicted molar refractivity (Wildman–Crippen MR) is 49.9 cm³/mol. The molecule has 0 radical (unpaired) electrons. The Morgan fingerprint density at radius 1 is 1.50 bits per heavy atom. The first-order chi connectivity index (χ1) is 5.65. The molecule has 0 fully saturated rings. The molecule has 1 aromatic rings. The zero-order valence-electron chi connectivity index (χ0n) is 7.83. The number of anilines is 1. The van der Waals surface area contributed by atoms with E-state index in [1.807, 2.05) is 6.20 Å². The summed E-state index contributed by atoms with van der Waals surface area (Å²) in [5, 5.41) is 0. The van der Waals surface area contributed by atoms with Gasteiger partial charge in [-0.3, -0.25) is 0 Å². The van der Waals surface area contributed by atoms with Crippen LogP contribution in [0.15, 0.2) is 6.20 Å². The van der Waals surface area contributed by atoms with Crippen LogP contribution in [-0.2, 0) is 6.42 Å². The zero-order valence-corrected chi connectivity index (χ0v) is 7.83. The van der Waals surface area contributed by atoms with Gasteiger partial charge in [-0.2, -0.15) is 0 Å². The van der Waals surface area contributed by atoms with Gasteiger partial charge in [0.2, 0.25) is 5.95 Å². The van der Waals surface area contributed by atoms with Crippen molar-refractivity contribution >= 4 is 5.95 Å². The predicted octanol–water partition coefficient (Wildman–Crippen LogP) is 1.74. The van der Waals surface area contributed by atoms with E-state index in [2.05, 4.69) is 30.7 Å². The number of aromatic nitrogens is 2. The second kappa shape index (κ2) is 3.52. The number of hydrogen-bond acceptors (Lipinski definition) is 3. The summed E-state index contributed by atoms with van der Waals surface area (Å²) >= 11 is 0. The Morgan fingerprint density at radius 2 is 2.17 bits per heavy atom. The monoisotopic (exact) mass is 165 g/mol. The maximum atomic E-state index is 5.50. The van der Waals surface area contributed by atoms with Crippen LogP contribution in [0.3, 0.4) is 0 Å². The lowest BCUT2D eigenvalue weighted by Crippen LogP contribution is -2.04. The number of nitrogen functional groups attached to an aromatic ring is 1. The summed E-state index contributed by atoms with van der Waals surface area (Å²) in [5.41, 5.74) is 7.77. The van der Waals surface area contributed by atoms with Gasteiger partial charge in [-0.05, 0) is 17.9 Å². The second-order valence-electron chi connectivity index (χ2n) is 3.15. The van der Waals surface area contributed by atoms with E-state index in [9.17, 15) is 0 Å². The van der Waals surface area contributed by atoms with Crippen molar-refractivity contribution in [3.8, 4) is 0 Å². The maximum absolute atomic E-state index is 5.50. The zero-order chi connectivity index (χ0) is 9.14. The Balaban J connectivity index is 3.12. The van der Waals surface area contributed by atoms with E-state index in [1.54, 1.807) is 0 Å². The molecule has 2 N–H and O–H groups in total. The Hall–Kier alpha value is -1.12. The summed E-state index contributed by atoms with van der Waals surface area (Å²) in [4.78, 5) is 8.17. The Labute approximate surface area is 73.0 Å². The van der Waals surface area contributed by atoms with Gasteiger partial charge in [0.1, 0.15) is 0 Å². The van der Waals surface area contributed by atoms with Gasteiger partial charge in [0.15, 0.2) is 0 Å². The minimum Gasteiger partial charge on any atom is -0.368 e. The average Bonchev–Trinajstić information content (AvgIpc) is 2.04. The van der Waals surface area contributed by atoms with Crippen molar-refractivity contribution < 1.29 is 0 Å². The molecule has 12 heavy (non-hydrogen) atoms. The van der Waals surface area contributed by atoms with Crippen LogP contribution in [0, 0.1) is 0 Å². The highest BCUT2D eigenvalue weighted by Gasteiger charge is 2.07. The fourth-order valence-corrected chi connectivity index (χ4v) is 1.21. The fourth-order valence-electron chi connectivity index (χ4n) is 1.21. The van der Waals surface area contributed by atoms with Gasteiger partial charge in [-0.25, -0.2) is 9.97 Å². The topological polar surface area (TPSA) is 51.8 Å². The van der Waals surface area contributed by atoms with Gasteiger partial charge in [0.25, 0.3) is 0 Å². The third-order valence-electron chi connectivity index (χ3n) is 1.84. The summed E-state index contributed by atoms with van der Waals surface area (Å²) in [6.07, 6.45) is 2.78. The molecular formula is C9H15N3. The molecule has 1 aromatic heterocycles. The molecule has 0 atom stereocenters. The van der Waals surface area contributed by atoms with Gasteiger partial charge >= 0.3 is 0 Å². The molecule has 0 saturated heterocycles. The minimum atomic E-state index is 0.371. The lowest BCUT2D eigenvalue weighted by atomic mass is 10.0. The van der Waals surface area contributed by atoms with Crippen molar-refractivity contribution in [2.75, 3.05) is 5.73 Å². The van der Waals surface area contributed by atoms with Crippen LogP contribution in [-0.4, -0.2) is 9.97 Å². The van der Waals surface area contributed by atoms with Crippen molar-refractivity contribution in [3.05, 3.63) is 17.5 Å². The van der Waals surface area contributed by atoms with Crippen molar-refractivity contribution in [1.82, 2.24) is 9.97 Å². The largest absolute Gasteiger partial charge is 0.368 e. The molecule has 0 amide bonds. The number of nitrogens with zero attached hydrogens (tertiary/aromatic N) is 2. The third-order valence-corrected chi connectivity index (χ3v) is 1.84. The number of aryl methyl sites for hydroxylation is 1. The Kier molecular flexibility index (Phi) is 2.63. The average molecular weight is 165 g/mol. The van der Waals surface area contributed by atoms with Gasteiger partial charge < -0.3 is 5.73 Å². The minimum absolute atomic E-state index is 0.371. The molecule has 0 aromatic carbocycles. The first-order valence-corrected chi connectivity index (χ1v) is 4.26. The summed E-state index contributed by atoms with van der Waals surface area (Å²) in [7, 11) is 0. The van der Waals surface area contributed by atoms with Crippen LogP contribution >= 0.6 is 0 Å². The lowest BCUT2D eigenvalue weighted by molar-refractivity contribution is 0.793. The molecule has 0 aliphatic rings. The summed E-state index contributed by atoms with van der Waals surface area (Å²) < 4.78 is 0. The molecule has 0 saturated carbocycles. The van der Waals surface area contributed by atoms with Gasteiger partial charge in [-0.1, -0.05) is 20.8 Å². The van der Waals surface area contributed by atoms with Crippen molar-refractivity contribution in [1.29, 1.82) is 0 Å². The molecule has 0 aliphatic heterocycles. The van der Waals surface area contributed by atoms with Crippen LogP contribution < -0.4 is 5.73 Å². The van der Waals surface area contributed by atoms with E-state index in [1.165, 1.54) is 5.56 Å². The molecule has 0 spiro atoms. The molecule has 0 bridgehead atoms. The summed E-state index contributed by atoms with van der Waals surface area (Å²) in [6.45, 7) is 6.32. The lowest BCUT2D eigenvalue weighted by Gasteiger charge is -2.09. The summed E-state index contributed by atoms with van der Waals surface area (Å²) in [5.74, 6) is 0.793. The van der Waals surface area contributed by atoms with Crippen LogP contribution in [0.5, 0.6) is 0 Å². The van der Waals surface area contributed by atoms with E-state index in [0.717, 1.165) is 12.1 Å². The smallest absolute Gasteiger partial charge is 0.220 e. The maximum Gasteiger partial charge on any atom is 0.220 e. The van der Waals surface area contributed by atoms with Crippen LogP contribution in [0.1, 0.15) is 37.9 Å². The third kappa shape index (κ3) is 1.72. The van der Waals surface area contributed by atoms with Crippen molar-refractivity contribution in [2.24, 2.45) is 0 Å². The number of nitrogens with two attached hydrogens (primary N) is 1. The van der Waals surface area contributed by atoms with E-state index in [-0.39, 0.29) is 0 Å². The molecule has 0 aliphatic carbocycles. The standard InChI is InChI=1S/C9H15N3/c1-4-7-5-11-9(10)12-8(7)6(2)3/h5-6H,4H2,1-3H3,(H2,10,11,12). The number of hydrogen-bond donors (Lipinski definition) is 1. The van der Waals surface area contributed by atoms with Crippen LogP contribution in [0.25, 0.3) is 0 Å². The SMILES string of the molecule is CCc1cnc(N)nc1C(C)C. The first kappa shape index (κ1) is 8.97. The highest BCUT2D eigenvalue weighted by molar-refractivity contribution is 5.27. The van der Waals surface area contributed by atoms with E-state index >= 15 is 0 Å². The van der Waals surface area contributed by atoms with E-state index in [4.69, 9.17) is 5.73 Å². The fraction of sp³-hybridized carbons (Fsp3) is 0.556. The molecule has 3 nitrogen and oxygen atoms in total. The van der Waals surface area contributed by atoms with Crippen molar-refractivity contribution in [2.45, 2.75) is 33.1 Å². The first-order valence-electron chi connectivity index (χ1n) is 4.26. The van der Waals surface area contributed by atoms with Crippen LogP contribution in [0.4, 0.5) is 5.95 Å². The van der Waals surface area contributed by atoms with E-state index in [0.29, 0.717) is 11.9 Å². The Morgan fingerprint density at radius 3 is 2.67 bits per heavy atom. The van der Waals surface area contributed by atoms with E-state index < -0.39 is 0 Å². The normalized spacial score (nSPS) is 10.7. The molecule has 1 heterocycles. The quantitative estimate of drug-likeness (QED) is 0.726. The second-order valence-corrected chi connectivity index (χ2v) is 3.15. The summed E-state index contributed by atoms with van der Waals surface area (Å²) in [6, 6.07) is 0. The number of rotatable bonds is 2. The Bertz CT molecular complexity index is 268. The molecule has 1 rings (SSSR count). The molecule has 66 valence electrons. The van der Waals surface area contributed by atoms with Gasteiger partial charge in [-0.15, -0.1) is 0 Å². The molecule has 0 unspecified atom stereocenters. The van der Waals surface area contributed by atoms with Crippen LogP contribution in [0.2, 0.25) is 0 Å². The molecule has 3 heteroatoms. The van der Waals surface area contributed by atoms with Crippen molar-refractivity contribution in [3.63, 3.8) is 0 Å². The molecular weight excluding hydrogens is 150 g/mol. The van der Waals surface area contributed by atoms with Gasteiger partial charge in [0.05, 0.1) is 5.69 Å².